The Bertz CT molecular complexity index is 325. The Balaban J connectivity index is 2.63. The average Bonchev–Trinajstić information content (AvgIpc) is 2.55. The first kappa shape index (κ1) is 13.9. The molecule has 1 fully saturated rings. The van der Waals surface area contributed by atoms with E-state index in [2.05, 4.69) is 25.7 Å². The molecule has 0 aromatic rings. The van der Waals surface area contributed by atoms with Crippen LogP contribution in [-0.4, -0.2) is 50.5 Å². The lowest BCUT2D eigenvalue weighted by molar-refractivity contribution is 0.150. The predicted molar refractivity (Wildman–Crippen MR) is 67.1 cm³/mol. The minimum atomic E-state index is -2.79. The second kappa shape index (κ2) is 5.02. The Labute approximate surface area is 99.1 Å². The minimum Gasteiger partial charge on any atom is -0.330 e. The van der Waals surface area contributed by atoms with Crippen molar-refractivity contribution in [1.82, 2.24) is 4.90 Å². The zero-order valence-electron chi connectivity index (χ0n) is 10.6. The zero-order valence-corrected chi connectivity index (χ0v) is 11.4. The van der Waals surface area contributed by atoms with Gasteiger partial charge in [0.2, 0.25) is 0 Å². The summed E-state index contributed by atoms with van der Waals surface area (Å²) in [5.41, 5.74) is 5.77. The molecule has 1 saturated heterocycles. The number of nitrogens with two attached hydrogens (primary N) is 1. The first-order valence-corrected chi connectivity index (χ1v) is 7.76. The highest BCUT2D eigenvalue weighted by Gasteiger charge is 2.33. The molecule has 0 spiro atoms. The molecule has 1 rings (SSSR count). The van der Waals surface area contributed by atoms with Crippen molar-refractivity contribution in [3.63, 3.8) is 0 Å². The lowest BCUT2D eigenvalue weighted by Crippen LogP contribution is -2.44. The summed E-state index contributed by atoms with van der Waals surface area (Å²) in [7, 11) is -2.79. The number of hydrogen-bond donors (Lipinski definition) is 1. The van der Waals surface area contributed by atoms with Gasteiger partial charge in [-0.2, -0.15) is 0 Å². The lowest BCUT2D eigenvalue weighted by atomic mass is 9.92. The summed E-state index contributed by atoms with van der Waals surface area (Å²) in [5.74, 6) is 0.665. The van der Waals surface area contributed by atoms with E-state index in [9.17, 15) is 8.42 Å². The molecule has 96 valence electrons. The fourth-order valence-electron chi connectivity index (χ4n) is 2.18. The maximum Gasteiger partial charge on any atom is 0.151 e. The van der Waals surface area contributed by atoms with E-state index in [1.807, 2.05) is 0 Å². The number of nitrogens with zero attached hydrogens (tertiary/aromatic N) is 1. The molecule has 0 saturated carbocycles. The van der Waals surface area contributed by atoms with Crippen LogP contribution in [0.5, 0.6) is 0 Å². The van der Waals surface area contributed by atoms with Gasteiger partial charge in [-0.3, -0.25) is 4.90 Å². The summed E-state index contributed by atoms with van der Waals surface area (Å²) in [5, 5.41) is 0. The zero-order chi connectivity index (χ0) is 12.4. The summed E-state index contributed by atoms with van der Waals surface area (Å²) in [4.78, 5) is 2.26. The number of sulfone groups is 1. The van der Waals surface area contributed by atoms with Crippen molar-refractivity contribution in [2.75, 3.05) is 31.1 Å². The van der Waals surface area contributed by atoms with Crippen molar-refractivity contribution < 1.29 is 8.42 Å². The van der Waals surface area contributed by atoms with Crippen LogP contribution >= 0.6 is 0 Å². The van der Waals surface area contributed by atoms with Gasteiger partial charge >= 0.3 is 0 Å². The van der Waals surface area contributed by atoms with Crippen LogP contribution in [0, 0.1) is 5.41 Å². The van der Waals surface area contributed by atoms with Crippen molar-refractivity contribution in [2.45, 2.75) is 33.2 Å². The van der Waals surface area contributed by atoms with Crippen molar-refractivity contribution in [2.24, 2.45) is 11.1 Å². The quantitative estimate of drug-likeness (QED) is 0.768. The van der Waals surface area contributed by atoms with Gasteiger partial charge in [-0.1, -0.05) is 20.8 Å². The Kier molecular flexibility index (Phi) is 4.37. The van der Waals surface area contributed by atoms with Crippen LogP contribution in [0.4, 0.5) is 0 Å². The van der Waals surface area contributed by atoms with Gasteiger partial charge in [-0.15, -0.1) is 0 Å². The Morgan fingerprint density at radius 2 is 2.06 bits per heavy atom. The van der Waals surface area contributed by atoms with E-state index < -0.39 is 9.84 Å². The Hall–Kier alpha value is -0.130. The van der Waals surface area contributed by atoms with Crippen LogP contribution in [0.25, 0.3) is 0 Å². The van der Waals surface area contributed by atoms with Gasteiger partial charge in [0, 0.05) is 12.6 Å². The molecular formula is C11H24N2O2S. The van der Waals surface area contributed by atoms with Crippen LogP contribution in [0.2, 0.25) is 0 Å². The van der Waals surface area contributed by atoms with E-state index in [4.69, 9.17) is 5.73 Å². The van der Waals surface area contributed by atoms with Crippen LogP contribution in [0.15, 0.2) is 0 Å². The molecule has 0 amide bonds. The average molecular weight is 248 g/mol. The first-order valence-electron chi connectivity index (χ1n) is 5.94. The van der Waals surface area contributed by atoms with Crippen LogP contribution in [-0.2, 0) is 9.84 Å². The van der Waals surface area contributed by atoms with Gasteiger partial charge in [-0.05, 0) is 24.9 Å². The van der Waals surface area contributed by atoms with Crippen molar-refractivity contribution in [1.29, 1.82) is 0 Å². The third-order valence-corrected chi connectivity index (χ3v) is 5.07. The molecular weight excluding hydrogens is 224 g/mol. The highest BCUT2D eigenvalue weighted by molar-refractivity contribution is 7.91. The fourth-order valence-corrected chi connectivity index (χ4v) is 3.94. The van der Waals surface area contributed by atoms with Gasteiger partial charge in [-0.25, -0.2) is 8.42 Å². The van der Waals surface area contributed by atoms with Gasteiger partial charge in [0.15, 0.2) is 9.84 Å². The summed E-state index contributed by atoms with van der Waals surface area (Å²) >= 11 is 0. The lowest BCUT2D eigenvalue weighted by Gasteiger charge is -2.34. The number of hydrogen-bond acceptors (Lipinski definition) is 4. The molecule has 0 aromatic carbocycles. The second-order valence-corrected chi connectivity index (χ2v) is 7.72. The van der Waals surface area contributed by atoms with E-state index >= 15 is 0 Å². The molecule has 0 bridgehead atoms. The van der Waals surface area contributed by atoms with Gasteiger partial charge in [0.1, 0.15) is 0 Å². The summed E-state index contributed by atoms with van der Waals surface area (Å²) in [6.45, 7) is 8.72. The third kappa shape index (κ3) is 3.71. The first-order chi connectivity index (χ1) is 7.29. The maximum absolute atomic E-state index is 11.4. The predicted octanol–water partition coefficient (Wildman–Crippen LogP) is 0.480. The molecule has 1 heterocycles. The van der Waals surface area contributed by atoms with Crippen LogP contribution < -0.4 is 5.73 Å². The Morgan fingerprint density at radius 1 is 1.44 bits per heavy atom. The topological polar surface area (TPSA) is 63.4 Å². The van der Waals surface area contributed by atoms with Crippen LogP contribution in [0.3, 0.4) is 0 Å². The van der Waals surface area contributed by atoms with Crippen LogP contribution in [0.1, 0.15) is 27.2 Å². The SMILES string of the molecule is CCN(CC(C)(C)CN)C1CCS(=O)(=O)C1. The van der Waals surface area contributed by atoms with E-state index in [-0.39, 0.29) is 11.5 Å². The molecule has 2 N–H and O–H groups in total. The number of rotatable bonds is 5. The van der Waals surface area contributed by atoms with Gasteiger partial charge in [0.05, 0.1) is 11.5 Å². The molecule has 0 radical (unpaired) electrons. The molecule has 1 atom stereocenters. The smallest absolute Gasteiger partial charge is 0.151 e. The molecule has 1 aliphatic rings. The Morgan fingerprint density at radius 3 is 2.44 bits per heavy atom. The van der Waals surface area contributed by atoms with Crippen molar-refractivity contribution in [3.05, 3.63) is 0 Å². The van der Waals surface area contributed by atoms with E-state index in [0.29, 0.717) is 18.1 Å². The second-order valence-electron chi connectivity index (χ2n) is 5.49. The van der Waals surface area contributed by atoms with E-state index in [0.717, 1.165) is 19.5 Å². The van der Waals surface area contributed by atoms with Crippen molar-refractivity contribution >= 4 is 9.84 Å². The van der Waals surface area contributed by atoms with E-state index in [1.54, 1.807) is 0 Å². The normalized spacial score (nSPS) is 25.2. The molecule has 5 heteroatoms. The maximum atomic E-state index is 11.4. The molecule has 4 nitrogen and oxygen atoms in total. The van der Waals surface area contributed by atoms with Crippen molar-refractivity contribution in [3.8, 4) is 0 Å². The molecule has 1 unspecified atom stereocenters. The molecule has 1 aliphatic heterocycles. The summed E-state index contributed by atoms with van der Waals surface area (Å²) in [6.07, 6.45) is 0.775. The minimum absolute atomic E-state index is 0.0579. The van der Waals surface area contributed by atoms with Gasteiger partial charge in [0.25, 0.3) is 0 Å². The molecule has 0 aromatic heterocycles. The fraction of sp³-hybridized carbons (Fsp3) is 1.00. The monoisotopic (exact) mass is 248 g/mol. The van der Waals surface area contributed by atoms with E-state index in [1.165, 1.54) is 0 Å². The molecule has 0 aliphatic carbocycles. The largest absolute Gasteiger partial charge is 0.330 e. The highest BCUT2D eigenvalue weighted by Crippen LogP contribution is 2.22. The van der Waals surface area contributed by atoms with Gasteiger partial charge < -0.3 is 5.73 Å². The molecule has 16 heavy (non-hydrogen) atoms. The summed E-state index contributed by atoms with van der Waals surface area (Å²) in [6, 6.07) is 0.195. The highest BCUT2D eigenvalue weighted by atomic mass is 32.2. The standard InChI is InChI=1S/C11H24N2O2S/c1-4-13(9-11(2,3)8-12)10-5-6-16(14,15)7-10/h10H,4-9,12H2,1-3H3. The summed E-state index contributed by atoms with van der Waals surface area (Å²) < 4.78 is 22.9. The third-order valence-electron chi connectivity index (χ3n) is 3.31.